The third kappa shape index (κ3) is 2.11. The molecule has 1 amide bonds. The average molecular weight is 184 g/mol. The molecule has 4 N–H and O–H groups in total. The van der Waals surface area contributed by atoms with Crippen LogP contribution < -0.4 is 11.1 Å². The van der Waals surface area contributed by atoms with Crippen molar-refractivity contribution in [3.63, 3.8) is 0 Å². The minimum Gasteiger partial charge on any atom is -0.450 e. The van der Waals surface area contributed by atoms with Crippen molar-refractivity contribution < 1.29 is 9.53 Å². The Hall–Kier alpha value is -1.72. The van der Waals surface area contributed by atoms with E-state index in [9.17, 15) is 4.79 Å². The molecule has 1 aromatic heterocycles. The number of aromatic amines is 1. The summed E-state index contributed by atoms with van der Waals surface area (Å²) in [5, 5.41) is 8.82. The number of nitrogens with zero attached hydrogens (tertiary/aromatic N) is 1. The summed E-state index contributed by atoms with van der Waals surface area (Å²) in [6.07, 6.45) is -0.555. The molecule has 0 atom stereocenters. The summed E-state index contributed by atoms with van der Waals surface area (Å²) >= 11 is 0. The Morgan fingerprint density at radius 1 is 1.77 bits per heavy atom. The molecular weight excluding hydrogens is 172 g/mol. The van der Waals surface area contributed by atoms with Crippen molar-refractivity contribution in [3.05, 3.63) is 5.69 Å². The minimum atomic E-state index is -0.555. The number of hydrogen-bond acceptors (Lipinski definition) is 4. The number of ether oxygens (including phenoxy) is 1. The number of nitrogens with one attached hydrogen (secondary N) is 2. The number of nitrogen functional groups attached to an aromatic ring is 1. The Morgan fingerprint density at radius 2 is 2.46 bits per heavy atom. The molecule has 13 heavy (non-hydrogen) atoms. The summed E-state index contributed by atoms with van der Waals surface area (Å²) in [5.41, 5.74) is 6.72. The number of rotatable bonds is 2. The van der Waals surface area contributed by atoms with Gasteiger partial charge >= 0.3 is 6.09 Å². The van der Waals surface area contributed by atoms with Gasteiger partial charge in [-0.1, -0.05) is 0 Å². The van der Waals surface area contributed by atoms with E-state index in [4.69, 9.17) is 5.73 Å². The van der Waals surface area contributed by atoms with Gasteiger partial charge in [0.2, 0.25) is 0 Å². The van der Waals surface area contributed by atoms with E-state index < -0.39 is 6.09 Å². The third-order valence-electron chi connectivity index (χ3n) is 1.49. The number of carbonyl (C=O) groups excluding carboxylic acids is 1. The molecule has 0 aliphatic carbocycles. The van der Waals surface area contributed by atoms with Gasteiger partial charge in [0, 0.05) is 0 Å². The number of anilines is 2. The van der Waals surface area contributed by atoms with E-state index in [1.165, 1.54) is 0 Å². The minimum absolute atomic E-state index is 0.302. The lowest BCUT2D eigenvalue weighted by Gasteiger charge is -2.01. The molecule has 0 spiro atoms. The fourth-order valence-corrected chi connectivity index (χ4v) is 0.797. The van der Waals surface area contributed by atoms with Gasteiger partial charge in [0.25, 0.3) is 0 Å². The first kappa shape index (κ1) is 9.37. The van der Waals surface area contributed by atoms with Crippen LogP contribution >= 0.6 is 0 Å². The molecule has 1 rings (SSSR count). The maximum absolute atomic E-state index is 10.9. The smallest absolute Gasteiger partial charge is 0.412 e. The first-order valence-electron chi connectivity index (χ1n) is 3.89. The summed E-state index contributed by atoms with van der Waals surface area (Å²) in [5.74, 6) is 0.302. The topological polar surface area (TPSA) is 93.0 Å². The number of aryl methyl sites for hydroxylation is 1. The zero-order valence-electron chi connectivity index (χ0n) is 7.55. The third-order valence-corrected chi connectivity index (χ3v) is 1.49. The van der Waals surface area contributed by atoms with Gasteiger partial charge in [0.05, 0.1) is 18.0 Å². The van der Waals surface area contributed by atoms with Crippen molar-refractivity contribution in [3.8, 4) is 0 Å². The molecular formula is C7H12N4O2. The quantitative estimate of drug-likeness (QED) is 0.635. The van der Waals surface area contributed by atoms with E-state index in [1.54, 1.807) is 13.8 Å². The number of H-pyrrole nitrogens is 1. The Labute approximate surface area is 75.5 Å². The van der Waals surface area contributed by atoms with E-state index in [-0.39, 0.29) is 0 Å². The molecule has 0 saturated heterocycles. The summed E-state index contributed by atoms with van der Waals surface area (Å²) in [7, 11) is 0. The molecule has 0 fully saturated rings. The summed E-state index contributed by atoms with van der Waals surface area (Å²) < 4.78 is 4.65. The fraction of sp³-hybridized carbons (Fsp3) is 0.429. The molecule has 0 aromatic carbocycles. The first-order chi connectivity index (χ1) is 6.15. The Balaban J connectivity index is 2.64. The first-order valence-corrected chi connectivity index (χ1v) is 3.89. The molecule has 6 heteroatoms. The van der Waals surface area contributed by atoms with Crippen molar-refractivity contribution in [1.29, 1.82) is 0 Å². The van der Waals surface area contributed by atoms with E-state index in [0.717, 1.165) is 0 Å². The largest absolute Gasteiger partial charge is 0.450 e. The predicted molar refractivity (Wildman–Crippen MR) is 48.4 cm³/mol. The number of hydrogen-bond donors (Lipinski definition) is 3. The van der Waals surface area contributed by atoms with Gasteiger partial charge in [-0.3, -0.25) is 10.4 Å². The van der Waals surface area contributed by atoms with Crippen LogP contribution in [-0.4, -0.2) is 22.9 Å². The predicted octanol–water partition coefficient (Wildman–Crippen LogP) is 0.869. The zero-order chi connectivity index (χ0) is 9.84. The Kier molecular flexibility index (Phi) is 2.73. The molecule has 6 nitrogen and oxygen atoms in total. The molecule has 0 unspecified atom stereocenters. The highest BCUT2D eigenvalue weighted by atomic mass is 16.5. The van der Waals surface area contributed by atoms with Gasteiger partial charge in [-0.2, -0.15) is 5.10 Å². The van der Waals surface area contributed by atoms with E-state index >= 15 is 0 Å². The Morgan fingerprint density at radius 3 is 2.92 bits per heavy atom. The molecule has 72 valence electrons. The molecule has 0 aliphatic heterocycles. The number of carbonyl (C=O) groups is 1. The van der Waals surface area contributed by atoms with Crippen LogP contribution in [-0.2, 0) is 4.74 Å². The van der Waals surface area contributed by atoms with Crippen molar-refractivity contribution in [1.82, 2.24) is 10.2 Å². The highest BCUT2D eigenvalue weighted by Gasteiger charge is 2.09. The zero-order valence-corrected chi connectivity index (χ0v) is 7.55. The van der Waals surface area contributed by atoms with Crippen LogP contribution in [0, 0.1) is 6.92 Å². The number of nitrogens with two attached hydrogens (primary N) is 1. The van der Waals surface area contributed by atoms with Crippen LogP contribution in [0.1, 0.15) is 12.6 Å². The number of amides is 1. The maximum atomic E-state index is 10.9. The van der Waals surface area contributed by atoms with Crippen molar-refractivity contribution >= 4 is 17.6 Å². The molecule has 1 aromatic rings. The van der Waals surface area contributed by atoms with Crippen molar-refractivity contribution in [2.75, 3.05) is 17.7 Å². The summed E-state index contributed by atoms with van der Waals surface area (Å²) in [6, 6.07) is 0. The Bertz CT molecular complexity index is 307. The lowest BCUT2D eigenvalue weighted by molar-refractivity contribution is 0.168. The highest BCUT2D eigenvalue weighted by Crippen LogP contribution is 2.17. The van der Waals surface area contributed by atoms with Crippen molar-refractivity contribution in [2.24, 2.45) is 0 Å². The summed E-state index contributed by atoms with van der Waals surface area (Å²) in [6.45, 7) is 3.80. The molecule has 1 heterocycles. The van der Waals surface area contributed by atoms with Gasteiger partial charge in [-0.15, -0.1) is 0 Å². The average Bonchev–Trinajstić information content (AvgIpc) is 2.37. The van der Waals surface area contributed by atoms with Crippen LogP contribution in [0.2, 0.25) is 0 Å². The van der Waals surface area contributed by atoms with E-state index in [1.807, 2.05) is 0 Å². The van der Waals surface area contributed by atoms with E-state index in [2.05, 4.69) is 20.3 Å². The number of aromatic nitrogens is 2. The molecule has 0 saturated carbocycles. The van der Waals surface area contributed by atoms with Crippen LogP contribution in [0.5, 0.6) is 0 Å². The molecule has 0 radical (unpaired) electrons. The van der Waals surface area contributed by atoms with Gasteiger partial charge in [-0.25, -0.2) is 4.79 Å². The normalized spacial score (nSPS) is 9.69. The maximum Gasteiger partial charge on any atom is 0.412 e. The van der Waals surface area contributed by atoms with Gasteiger partial charge in [0.1, 0.15) is 0 Å². The van der Waals surface area contributed by atoms with Crippen LogP contribution in [0.25, 0.3) is 0 Å². The standard InChI is InChI=1S/C7H12N4O2/c1-3-13-7(12)9-6-5(8)4(2)10-11-6/h3,8H2,1-2H3,(H2,9,10,11,12). The highest BCUT2D eigenvalue weighted by molar-refractivity contribution is 5.87. The second kappa shape index (κ2) is 3.79. The van der Waals surface area contributed by atoms with E-state index in [0.29, 0.717) is 23.8 Å². The van der Waals surface area contributed by atoms with Crippen molar-refractivity contribution in [2.45, 2.75) is 13.8 Å². The van der Waals surface area contributed by atoms with Crippen LogP contribution in [0.15, 0.2) is 0 Å². The van der Waals surface area contributed by atoms with Crippen LogP contribution in [0.3, 0.4) is 0 Å². The molecule has 0 aliphatic rings. The van der Waals surface area contributed by atoms with Gasteiger partial charge < -0.3 is 10.5 Å². The monoisotopic (exact) mass is 184 g/mol. The second-order valence-corrected chi connectivity index (χ2v) is 2.46. The molecule has 0 bridgehead atoms. The van der Waals surface area contributed by atoms with Gasteiger partial charge in [0.15, 0.2) is 5.82 Å². The lowest BCUT2D eigenvalue weighted by atomic mass is 10.4. The second-order valence-electron chi connectivity index (χ2n) is 2.46. The van der Waals surface area contributed by atoms with Gasteiger partial charge in [-0.05, 0) is 13.8 Å². The van der Waals surface area contributed by atoms with Crippen LogP contribution in [0.4, 0.5) is 16.3 Å². The fourth-order valence-electron chi connectivity index (χ4n) is 0.797. The lowest BCUT2D eigenvalue weighted by Crippen LogP contribution is -2.14. The summed E-state index contributed by atoms with van der Waals surface area (Å²) in [4.78, 5) is 10.9. The SMILES string of the molecule is CCOC(=O)Nc1n[nH]c(C)c1N.